The average molecular weight is 315 g/mol. The Hall–Kier alpha value is -1.78. The first-order chi connectivity index (χ1) is 11.0. The highest BCUT2D eigenvalue weighted by atomic mass is 16.5. The molecule has 0 unspecified atom stereocenters. The Bertz CT molecular complexity index is 635. The van der Waals surface area contributed by atoms with Crippen LogP contribution in [0.3, 0.4) is 0 Å². The SMILES string of the molecule is COc1ccc(CN(Cc2ccc(C(C)(C)O)o2)C2CC2)cc1. The summed E-state index contributed by atoms with van der Waals surface area (Å²) >= 11 is 0. The van der Waals surface area contributed by atoms with Crippen LogP contribution in [-0.2, 0) is 18.7 Å². The molecule has 0 aliphatic heterocycles. The highest BCUT2D eigenvalue weighted by Gasteiger charge is 2.30. The van der Waals surface area contributed by atoms with Crippen molar-refractivity contribution in [3.63, 3.8) is 0 Å². The number of ether oxygens (including phenoxy) is 1. The first-order valence-electron chi connectivity index (χ1n) is 8.14. The van der Waals surface area contributed by atoms with Crippen LogP contribution in [-0.4, -0.2) is 23.2 Å². The molecule has 2 aromatic rings. The normalized spacial score (nSPS) is 15.2. The zero-order chi connectivity index (χ0) is 16.4. The van der Waals surface area contributed by atoms with Crippen LogP contribution in [0.15, 0.2) is 40.8 Å². The van der Waals surface area contributed by atoms with E-state index in [4.69, 9.17) is 9.15 Å². The Morgan fingerprint density at radius 3 is 2.35 bits per heavy atom. The Morgan fingerprint density at radius 2 is 1.83 bits per heavy atom. The van der Waals surface area contributed by atoms with Gasteiger partial charge in [-0.1, -0.05) is 12.1 Å². The molecule has 0 bridgehead atoms. The lowest BCUT2D eigenvalue weighted by Crippen LogP contribution is -2.24. The van der Waals surface area contributed by atoms with Crippen molar-refractivity contribution in [1.82, 2.24) is 4.90 Å². The Balaban J connectivity index is 1.68. The lowest BCUT2D eigenvalue weighted by atomic mass is 10.1. The molecule has 1 aromatic carbocycles. The Kier molecular flexibility index (Phi) is 4.46. The molecular weight excluding hydrogens is 290 g/mol. The summed E-state index contributed by atoms with van der Waals surface area (Å²) in [4.78, 5) is 2.44. The molecule has 0 amide bonds. The van der Waals surface area contributed by atoms with Crippen molar-refractivity contribution in [2.45, 2.75) is 51.4 Å². The van der Waals surface area contributed by atoms with E-state index in [1.165, 1.54) is 18.4 Å². The van der Waals surface area contributed by atoms with Crippen molar-refractivity contribution >= 4 is 0 Å². The molecule has 1 aliphatic rings. The highest BCUT2D eigenvalue weighted by Crippen LogP contribution is 2.31. The van der Waals surface area contributed by atoms with Gasteiger partial charge in [-0.2, -0.15) is 0 Å². The van der Waals surface area contributed by atoms with Crippen molar-refractivity contribution < 1.29 is 14.3 Å². The fourth-order valence-electron chi connectivity index (χ4n) is 2.71. The summed E-state index contributed by atoms with van der Waals surface area (Å²) in [5, 5.41) is 10.0. The standard InChI is InChI=1S/C19H25NO3/c1-19(2,21)18-11-10-17(23-18)13-20(15-6-7-15)12-14-4-8-16(22-3)9-5-14/h4-5,8-11,15,21H,6-7,12-13H2,1-3H3. The third-order valence-corrected chi connectivity index (χ3v) is 4.23. The van der Waals surface area contributed by atoms with Gasteiger partial charge in [0.1, 0.15) is 22.9 Å². The monoisotopic (exact) mass is 315 g/mol. The molecule has 1 aromatic heterocycles. The predicted molar refractivity (Wildman–Crippen MR) is 89.2 cm³/mol. The number of aliphatic hydroxyl groups is 1. The fraction of sp³-hybridized carbons (Fsp3) is 0.474. The van der Waals surface area contributed by atoms with E-state index in [0.717, 1.165) is 24.6 Å². The van der Waals surface area contributed by atoms with Gasteiger partial charge in [0, 0.05) is 12.6 Å². The van der Waals surface area contributed by atoms with Gasteiger partial charge in [-0.15, -0.1) is 0 Å². The zero-order valence-corrected chi connectivity index (χ0v) is 14.1. The first kappa shape index (κ1) is 16.1. The van der Waals surface area contributed by atoms with Crippen LogP contribution in [0.1, 0.15) is 43.8 Å². The van der Waals surface area contributed by atoms with E-state index in [9.17, 15) is 5.11 Å². The molecule has 3 rings (SSSR count). The van der Waals surface area contributed by atoms with Crippen molar-refractivity contribution in [3.05, 3.63) is 53.5 Å². The minimum atomic E-state index is -0.932. The molecule has 1 fully saturated rings. The minimum Gasteiger partial charge on any atom is -0.497 e. The molecule has 0 radical (unpaired) electrons. The molecule has 1 aliphatic carbocycles. The second-order valence-corrected chi connectivity index (χ2v) is 6.81. The van der Waals surface area contributed by atoms with Gasteiger partial charge in [-0.3, -0.25) is 4.90 Å². The van der Waals surface area contributed by atoms with Crippen molar-refractivity contribution in [1.29, 1.82) is 0 Å². The molecule has 124 valence electrons. The fourth-order valence-corrected chi connectivity index (χ4v) is 2.71. The van der Waals surface area contributed by atoms with E-state index in [2.05, 4.69) is 17.0 Å². The lowest BCUT2D eigenvalue weighted by Gasteiger charge is -2.21. The van der Waals surface area contributed by atoms with E-state index in [1.54, 1.807) is 21.0 Å². The number of furan rings is 1. The van der Waals surface area contributed by atoms with Crippen molar-refractivity contribution in [2.75, 3.05) is 7.11 Å². The summed E-state index contributed by atoms with van der Waals surface area (Å²) in [6.45, 7) is 5.15. The van der Waals surface area contributed by atoms with E-state index in [-0.39, 0.29) is 0 Å². The number of benzene rings is 1. The number of nitrogens with zero attached hydrogens (tertiary/aromatic N) is 1. The van der Waals surface area contributed by atoms with Crippen molar-refractivity contribution in [3.8, 4) is 5.75 Å². The second-order valence-electron chi connectivity index (χ2n) is 6.81. The van der Waals surface area contributed by atoms with E-state index in [1.807, 2.05) is 24.3 Å². The summed E-state index contributed by atoms with van der Waals surface area (Å²) in [7, 11) is 1.68. The minimum absolute atomic E-state index is 0.618. The largest absolute Gasteiger partial charge is 0.497 e. The number of hydrogen-bond donors (Lipinski definition) is 1. The van der Waals surface area contributed by atoms with Gasteiger partial charge in [0.05, 0.1) is 13.7 Å². The van der Waals surface area contributed by atoms with Crippen LogP contribution in [0.25, 0.3) is 0 Å². The van der Waals surface area contributed by atoms with Gasteiger partial charge in [0.15, 0.2) is 0 Å². The average Bonchev–Trinajstić information content (AvgIpc) is 3.25. The maximum Gasteiger partial charge on any atom is 0.135 e. The number of rotatable bonds is 7. The molecule has 1 saturated carbocycles. The third-order valence-electron chi connectivity index (χ3n) is 4.23. The maximum atomic E-state index is 10.0. The smallest absolute Gasteiger partial charge is 0.135 e. The summed E-state index contributed by atoms with van der Waals surface area (Å²) in [6, 6.07) is 12.7. The van der Waals surface area contributed by atoms with Crippen LogP contribution in [0.5, 0.6) is 5.75 Å². The quantitative estimate of drug-likeness (QED) is 0.846. The maximum absolute atomic E-state index is 10.0. The van der Waals surface area contributed by atoms with E-state index >= 15 is 0 Å². The van der Waals surface area contributed by atoms with Crippen LogP contribution < -0.4 is 4.74 Å². The summed E-state index contributed by atoms with van der Waals surface area (Å²) < 4.78 is 11.0. The van der Waals surface area contributed by atoms with Gasteiger partial charge >= 0.3 is 0 Å². The molecule has 0 atom stereocenters. The van der Waals surface area contributed by atoms with Gasteiger partial charge in [-0.25, -0.2) is 0 Å². The van der Waals surface area contributed by atoms with E-state index in [0.29, 0.717) is 11.8 Å². The predicted octanol–water partition coefficient (Wildman–Crippen LogP) is 3.68. The second kappa shape index (κ2) is 6.38. The molecule has 0 saturated heterocycles. The van der Waals surface area contributed by atoms with Gasteiger partial charge in [0.25, 0.3) is 0 Å². The third kappa shape index (κ3) is 4.15. The molecule has 4 nitrogen and oxygen atoms in total. The molecule has 1 heterocycles. The molecule has 0 spiro atoms. The topological polar surface area (TPSA) is 45.8 Å². The molecular formula is C19H25NO3. The Labute approximate surface area is 137 Å². The van der Waals surface area contributed by atoms with E-state index < -0.39 is 5.60 Å². The first-order valence-corrected chi connectivity index (χ1v) is 8.14. The zero-order valence-electron chi connectivity index (χ0n) is 14.1. The molecule has 1 N–H and O–H groups in total. The summed E-state index contributed by atoms with van der Waals surface area (Å²) in [5.74, 6) is 2.41. The lowest BCUT2D eigenvalue weighted by molar-refractivity contribution is 0.0515. The number of methoxy groups -OCH3 is 1. The Morgan fingerprint density at radius 1 is 1.13 bits per heavy atom. The van der Waals surface area contributed by atoms with Crippen LogP contribution in [0.2, 0.25) is 0 Å². The highest BCUT2D eigenvalue weighted by molar-refractivity contribution is 5.27. The van der Waals surface area contributed by atoms with Crippen LogP contribution in [0.4, 0.5) is 0 Å². The van der Waals surface area contributed by atoms with Crippen LogP contribution >= 0.6 is 0 Å². The molecule has 4 heteroatoms. The van der Waals surface area contributed by atoms with Gasteiger partial charge < -0.3 is 14.3 Å². The van der Waals surface area contributed by atoms with Crippen molar-refractivity contribution in [2.24, 2.45) is 0 Å². The van der Waals surface area contributed by atoms with Crippen LogP contribution in [0, 0.1) is 0 Å². The van der Waals surface area contributed by atoms with Gasteiger partial charge in [0.2, 0.25) is 0 Å². The van der Waals surface area contributed by atoms with Gasteiger partial charge in [-0.05, 0) is 56.5 Å². The molecule has 23 heavy (non-hydrogen) atoms. The number of hydrogen-bond acceptors (Lipinski definition) is 4. The summed E-state index contributed by atoms with van der Waals surface area (Å²) in [5.41, 5.74) is 0.338. The summed E-state index contributed by atoms with van der Waals surface area (Å²) in [6.07, 6.45) is 2.49.